The molecule has 0 saturated heterocycles. The summed E-state index contributed by atoms with van der Waals surface area (Å²) in [6, 6.07) is 0. The van der Waals surface area contributed by atoms with Crippen molar-refractivity contribution in [3.05, 3.63) is 12.0 Å². The molecule has 3 nitrogen and oxygen atoms in total. The Morgan fingerprint density at radius 1 is 1.41 bits per heavy atom. The number of thioether (sulfide) groups is 1. The Balaban J connectivity index is 2.55. The number of rotatable bonds is 5. The van der Waals surface area contributed by atoms with Crippen LogP contribution in [0.2, 0.25) is 0 Å². The third-order valence-electron chi connectivity index (χ3n) is 2.43. The summed E-state index contributed by atoms with van der Waals surface area (Å²) in [5, 5.41) is 4.79. The lowest BCUT2D eigenvalue weighted by molar-refractivity contribution is 0.404. The van der Waals surface area contributed by atoms with Gasteiger partial charge in [0.1, 0.15) is 6.26 Å². The first-order valence-corrected chi connectivity index (χ1v) is 7.00. The molecular weight excluding hydrogens is 232 g/mol. The van der Waals surface area contributed by atoms with E-state index in [1.807, 2.05) is 6.92 Å². The Labute approximate surface area is 109 Å². The van der Waals surface area contributed by atoms with Gasteiger partial charge in [0.2, 0.25) is 0 Å². The van der Waals surface area contributed by atoms with E-state index in [9.17, 15) is 0 Å². The molecule has 0 saturated carbocycles. The van der Waals surface area contributed by atoms with Gasteiger partial charge in [0.25, 0.3) is 5.22 Å². The maximum atomic E-state index is 5.40. The average molecular weight is 256 g/mol. The molecule has 1 unspecified atom stereocenters. The molecule has 1 aromatic heterocycles. The van der Waals surface area contributed by atoms with Gasteiger partial charge in [-0.15, -0.1) is 0 Å². The zero-order valence-corrected chi connectivity index (χ0v) is 12.5. The molecule has 0 bridgehead atoms. The van der Waals surface area contributed by atoms with Crippen LogP contribution < -0.4 is 5.32 Å². The quantitative estimate of drug-likeness (QED) is 0.818. The van der Waals surface area contributed by atoms with Crippen LogP contribution in [0.3, 0.4) is 0 Å². The zero-order valence-electron chi connectivity index (χ0n) is 11.7. The summed E-state index contributed by atoms with van der Waals surface area (Å²) in [7, 11) is 0. The number of nitrogens with one attached hydrogen (secondary N) is 1. The number of aryl methyl sites for hydroxylation is 1. The molecule has 0 fully saturated rings. The second-order valence-electron chi connectivity index (χ2n) is 5.79. The Morgan fingerprint density at radius 3 is 2.47 bits per heavy atom. The number of nitrogens with zero attached hydrogens (tertiary/aromatic N) is 1. The molecule has 1 aromatic rings. The molecule has 17 heavy (non-hydrogen) atoms. The van der Waals surface area contributed by atoms with Gasteiger partial charge < -0.3 is 9.73 Å². The summed E-state index contributed by atoms with van der Waals surface area (Å²) in [5.74, 6) is 0.585. The summed E-state index contributed by atoms with van der Waals surface area (Å²) < 4.78 is 5.40. The third kappa shape index (κ3) is 5.59. The zero-order chi connectivity index (χ0) is 13.1. The van der Waals surface area contributed by atoms with Crippen LogP contribution in [0, 0.1) is 12.8 Å². The van der Waals surface area contributed by atoms with Crippen LogP contribution in [0.25, 0.3) is 0 Å². The van der Waals surface area contributed by atoms with Crippen molar-refractivity contribution >= 4 is 11.8 Å². The van der Waals surface area contributed by atoms with Crippen LogP contribution in [0.4, 0.5) is 0 Å². The van der Waals surface area contributed by atoms with E-state index in [-0.39, 0.29) is 5.54 Å². The van der Waals surface area contributed by atoms with Crippen molar-refractivity contribution in [2.24, 2.45) is 5.92 Å². The maximum Gasteiger partial charge on any atom is 0.256 e. The summed E-state index contributed by atoms with van der Waals surface area (Å²) in [6.07, 6.45) is 1.71. The van der Waals surface area contributed by atoms with E-state index in [4.69, 9.17) is 4.42 Å². The van der Waals surface area contributed by atoms with Crippen LogP contribution in [0.1, 0.15) is 40.3 Å². The minimum absolute atomic E-state index is 0.153. The number of hydrogen-bond donors (Lipinski definition) is 1. The summed E-state index contributed by atoms with van der Waals surface area (Å²) in [6.45, 7) is 13.9. The molecule has 0 amide bonds. The van der Waals surface area contributed by atoms with E-state index in [1.165, 1.54) is 0 Å². The minimum Gasteiger partial charge on any atom is -0.440 e. The predicted octanol–water partition coefficient (Wildman–Crippen LogP) is 3.49. The highest BCUT2D eigenvalue weighted by Crippen LogP contribution is 2.27. The molecule has 0 aromatic carbocycles. The van der Waals surface area contributed by atoms with Crippen molar-refractivity contribution < 1.29 is 4.42 Å². The summed E-state index contributed by atoms with van der Waals surface area (Å²) >= 11 is 1.72. The summed E-state index contributed by atoms with van der Waals surface area (Å²) in [5.41, 5.74) is 1.10. The first kappa shape index (κ1) is 14.6. The Kier molecular flexibility index (Phi) is 5.07. The highest BCUT2D eigenvalue weighted by Gasteiger charge is 2.20. The van der Waals surface area contributed by atoms with E-state index in [2.05, 4.69) is 44.9 Å². The van der Waals surface area contributed by atoms with E-state index in [0.29, 0.717) is 11.2 Å². The Hall–Kier alpha value is -0.480. The van der Waals surface area contributed by atoms with Crippen molar-refractivity contribution in [3.63, 3.8) is 0 Å². The normalized spacial score (nSPS) is 14.3. The van der Waals surface area contributed by atoms with Crippen molar-refractivity contribution in [2.45, 2.75) is 57.6 Å². The lowest BCUT2D eigenvalue weighted by Crippen LogP contribution is -2.41. The van der Waals surface area contributed by atoms with Gasteiger partial charge >= 0.3 is 0 Å². The average Bonchev–Trinajstić information content (AvgIpc) is 2.56. The molecule has 1 rings (SSSR count). The Bertz CT molecular complexity index is 341. The van der Waals surface area contributed by atoms with E-state index in [0.717, 1.165) is 17.5 Å². The van der Waals surface area contributed by atoms with Crippen LogP contribution >= 0.6 is 11.8 Å². The van der Waals surface area contributed by atoms with Crippen molar-refractivity contribution in [1.29, 1.82) is 0 Å². The highest BCUT2D eigenvalue weighted by molar-refractivity contribution is 7.99. The van der Waals surface area contributed by atoms with E-state index in [1.54, 1.807) is 18.0 Å². The van der Waals surface area contributed by atoms with Crippen LogP contribution in [-0.4, -0.2) is 22.3 Å². The van der Waals surface area contributed by atoms with Gasteiger partial charge in [-0.05, 0) is 33.6 Å². The molecule has 0 spiro atoms. The molecule has 1 heterocycles. The summed E-state index contributed by atoms with van der Waals surface area (Å²) in [4.78, 5) is 4.35. The fourth-order valence-electron chi connectivity index (χ4n) is 1.34. The van der Waals surface area contributed by atoms with Crippen LogP contribution in [0.15, 0.2) is 15.9 Å². The molecule has 1 N–H and O–H groups in total. The molecule has 0 aliphatic heterocycles. The van der Waals surface area contributed by atoms with Gasteiger partial charge in [0.15, 0.2) is 0 Å². The predicted molar refractivity (Wildman–Crippen MR) is 73.5 cm³/mol. The minimum atomic E-state index is 0.153. The molecule has 0 radical (unpaired) electrons. The second kappa shape index (κ2) is 5.91. The Morgan fingerprint density at radius 2 is 2.06 bits per heavy atom. The fraction of sp³-hybridized carbons (Fsp3) is 0.769. The number of oxazole rings is 1. The molecular formula is C13H24N2OS. The fourth-order valence-corrected chi connectivity index (χ4v) is 2.33. The van der Waals surface area contributed by atoms with Crippen molar-refractivity contribution in [3.8, 4) is 0 Å². The second-order valence-corrected chi connectivity index (χ2v) is 6.98. The smallest absolute Gasteiger partial charge is 0.256 e. The highest BCUT2D eigenvalue weighted by atomic mass is 32.2. The molecule has 4 heteroatoms. The van der Waals surface area contributed by atoms with Gasteiger partial charge in [-0.1, -0.05) is 25.6 Å². The van der Waals surface area contributed by atoms with Gasteiger partial charge in [-0.2, -0.15) is 0 Å². The standard InChI is InChI=1S/C13H24N2OS/c1-9(2)11(7-14-13(4,5)6)17-12-15-10(3)8-16-12/h8-9,11,14H,7H2,1-6H3. The number of hydrogen-bond acceptors (Lipinski definition) is 4. The molecule has 98 valence electrons. The lowest BCUT2D eigenvalue weighted by Gasteiger charge is -2.26. The van der Waals surface area contributed by atoms with Gasteiger partial charge in [-0.25, -0.2) is 4.98 Å². The van der Waals surface area contributed by atoms with E-state index >= 15 is 0 Å². The molecule has 1 atom stereocenters. The monoisotopic (exact) mass is 256 g/mol. The third-order valence-corrected chi connectivity index (χ3v) is 3.83. The SMILES string of the molecule is Cc1coc(SC(CNC(C)(C)C)C(C)C)n1. The lowest BCUT2D eigenvalue weighted by atomic mass is 10.1. The topological polar surface area (TPSA) is 38.1 Å². The van der Waals surface area contributed by atoms with Gasteiger partial charge in [0.05, 0.1) is 5.69 Å². The van der Waals surface area contributed by atoms with Crippen LogP contribution in [0.5, 0.6) is 0 Å². The van der Waals surface area contributed by atoms with Crippen molar-refractivity contribution in [2.75, 3.05) is 6.54 Å². The van der Waals surface area contributed by atoms with Gasteiger partial charge in [-0.3, -0.25) is 0 Å². The maximum absolute atomic E-state index is 5.40. The largest absolute Gasteiger partial charge is 0.440 e. The van der Waals surface area contributed by atoms with Gasteiger partial charge in [0, 0.05) is 17.3 Å². The van der Waals surface area contributed by atoms with E-state index < -0.39 is 0 Å². The molecule has 0 aliphatic carbocycles. The number of aromatic nitrogens is 1. The first-order valence-electron chi connectivity index (χ1n) is 6.12. The van der Waals surface area contributed by atoms with Crippen molar-refractivity contribution in [1.82, 2.24) is 10.3 Å². The molecule has 0 aliphatic rings. The van der Waals surface area contributed by atoms with Crippen LogP contribution in [-0.2, 0) is 0 Å². The first-order chi connectivity index (χ1) is 7.78.